The molecule has 0 atom stereocenters. The van der Waals surface area contributed by atoms with Crippen LogP contribution in [0.15, 0.2) is 17.2 Å². The summed E-state index contributed by atoms with van der Waals surface area (Å²) in [5.41, 5.74) is 0.261. The standard InChI is InChI=1S/C14H23ClN2O3S/c1-6-17-8-11(21(15,19)20)7-12(17)13(18)16-9-14(4,5)10(2)3/h7-8,10H,6,9H2,1-5H3,(H,16,18). The van der Waals surface area contributed by atoms with E-state index in [4.69, 9.17) is 10.7 Å². The van der Waals surface area contributed by atoms with Crippen LogP contribution in [0.2, 0.25) is 0 Å². The van der Waals surface area contributed by atoms with Gasteiger partial charge in [-0.2, -0.15) is 0 Å². The van der Waals surface area contributed by atoms with Gasteiger partial charge in [0.15, 0.2) is 0 Å². The van der Waals surface area contributed by atoms with Gasteiger partial charge >= 0.3 is 0 Å². The number of carbonyl (C=O) groups is 1. The molecular formula is C14H23ClN2O3S. The Morgan fingerprint density at radius 3 is 2.43 bits per heavy atom. The Labute approximate surface area is 131 Å². The Morgan fingerprint density at radius 1 is 1.43 bits per heavy atom. The second kappa shape index (κ2) is 6.40. The number of aromatic nitrogens is 1. The van der Waals surface area contributed by atoms with Crippen molar-refractivity contribution in [2.45, 2.75) is 46.1 Å². The molecule has 5 nitrogen and oxygen atoms in total. The van der Waals surface area contributed by atoms with Gasteiger partial charge in [-0.05, 0) is 24.3 Å². The van der Waals surface area contributed by atoms with Crippen molar-refractivity contribution in [1.29, 1.82) is 0 Å². The van der Waals surface area contributed by atoms with E-state index in [1.807, 2.05) is 6.92 Å². The number of aryl methyl sites for hydroxylation is 1. The van der Waals surface area contributed by atoms with Crippen LogP contribution in [0.25, 0.3) is 0 Å². The van der Waals surface area contributed by atoms with E-state index in [1.165, 1.54) is 12.3 Å². The Kier molecular flexibility index (Phi) is 5.50. The molecule has 21 heavy (non-hydrogen) atoms. The number of hydrogen-bond acceptors (Lipinski definition) is 3. The summed E-state index contributed by atoms with van der Waals surface area (Å²) in [6.45, 7) is 11.2. The second-order valence-electron chi connectivity index (χ2n) is 6.11. The van der Waals surface area contributed by atoms with Crippen LogP contribution in [-0.2, 0) is 15.6 Å². The van der Waals surface area contributed by atoms with Crippen molar-refractivity contribution in [3.63, 3.8) is 0 Å². The molecule has 0 unspecified atom stereocenters. The van der Waals surface area contributed by atoms with E-state index in [9.17, 15) is 13.2 Å². The first-order valence-electron chi connectivity index (χ1n) is 6.92. The highest BCUT2D eigenvalue weighted by Gasteiger charge is 2.25. The van der Waals surface area contributed by atoms with Crippen LogP contribution in [-0.4, -0.2) is 25.4 Å². The van der Waals surface area contributed by atoms with Gasteiger partial charge in [0, 0.05) is 30.0 Å². The molecule has 0 aliphatic rings. The number of rotatable bonds is 6. The summed E-state index contributed by atoms with van der Waals surface area (Å²) in [6.07, 6.45) is 1.38. The normalized spacial score (nSPS) is 12.7. The average Bonchev–Trinajstić information content (AvgIpc) is 2.79. The molecule has 1 aromatic rings. The molecule has 0 spiro atoms. The Hall–Kier alpha value is -1.01. The molecule has 0 fully saturated rings. The van der Waals surface area contributed by atoms with Gasteiger partial charge in [-0.15, -0.1) is 0 Å². The third-order valence-corrected chi connectivity index (χ3v) is 5.31. The van der Waals surface area contributed by atoms with Crippen molar-refractivity contribution in [2.75, 3.05) is 6.54 Å². The molecule has 0 aliphatic heterocycles. The van der Waals surface area contributed by atoms with Gasteiger partial charge in [0.05, 0.1) is 0 Å². The van der Waals surface area contributed by atoms with Crippen molar-refractivity contribution in [2.24, 2.45) is 11.3 Å². The number of nitrogens with one attached hydrogen (secondary N) is 1. The molecule has 120 valence electrons. The lowest BCUT2D eigenvalue weighted by Gasteiger charge is -2.29. The minimum Gasteiger partial charge on any atom is -0.350 e. The van der Waals surface area contributed by atoms with Crippen molar-refractivity contribution in [1.82, 2.24) is 9.88 Å². The highest BCUT2D eigenvalue weighted by molar-refractivity contribution is 8.13. The predicted octanol–water partition coefficient (Wildman–Crippen LogP) is 2.85. The van der Waals surface area contributed by atoms with Gasteiger partial charge in [0.2, 0.25) is 0 Å². The molecule has 1 rings (SSSR count). The summed E-state index contributed by atoms with van der Waals surface area (Å²) in [5, 5.41) is 2.86. The van der Waals surface area contributed by atoms with Crippen molar-refractivity contribution < 1.29 is 13.2 Å². The SMILES string of the molecule is CCn1cc(S(=O)(=O)Cl)cc1C(=O)NCC(C)(C)C(C)C. The van der Waals surface area contributed by atoms with Gasteiger partial charge in [0.25, 0.3) is 15.0 Å². The van der Waals surface area contributed by atoms with E-state index in [0.717, 1.165) is 0 Å². The third kappa shape index (κ3) is 4.48. The van der Waals surface area contributed by atoms with E-state index < -0.39 is 9.05 Å². The minimum atomic E-state index is -3.83. The van der Waals surface area contributed by atoms with Crippen LogP contribution >= 0.6 is 10.7 Å². The van der Waals surface area contributed by atoms with Crippen LogP contribution in [0.5, 0.6) is 0 Å². The molecule has 0 aliphatic carbocycles. The molecule has 0 radical (unpaired) electrons. The number of hydrogen-bond donors (Lipinski definition) is 1. The molecule has 1 heterocycles. The van der Waals surface area contributed by atoms with Crippen molar-refractivity contribution in [3.05, 3.63) is 18.0 Å². The van der Waals surface area contributed by atoms with Crippen LogP contribution in [0, 0.1) is 11.3 Å². The van der Waals surface area contributed by atoms with E-state index >= 15 is 0 Å². The van der Waals surface area contributed by atoms with E-state index in [0.29, 0.717) is 24.7 Å². The molecule has 0 aromatic carbocycles. The Bertz CT molecular complexity index is 618. The summed E-state index contributed by atoms with van der Waals surface area (Å²) in [4.78, 5) is 12.2. The Balaban J connectivity index is 2.96. The van der Waals surface area contributed by atoms with Crippen LogP contribution in [0.4, 0.5) is 0 Å². The topological polar surface area (TPSA) is 68.2 Å². The lowest BCUT2D eigenvalue weighted by Crippen LogP contribution is -2.37. The lowest BCUT2D eigenvalue weighted by molar-refractivity contribution is 0.0915. The Morgan fingerprint density at radius 2 is 2.00 bits per heavy atom. The zero-order valence-corrected chi connectivity index (χ0v) is 14.7. The number of halogens is 1. The van der Waals surface area contributed by atoms with E-state index in [1.54, 1.807) is 4.57 Å². The first kappa shape index (κ1) is 18.0. The lowest BCUT2D eigenvalue weighted by atomic mass is 9.81. The van der Waals surface area contributed by atoms with Gasteiger partial charge in [-0.1, -0.05) is 27.7 Å². The largest absolute Gasteiger partial charge is 0.350 e. The van der Waals surface area contributed by atoms with Gasteiger partial charge in [0.1, 0.15) is 10.6 Å². The number of carbonyl (C=O) groups excluding carboxylic acids is 1. The smallest absolute Gasteiger partial charge is 0.267 e. The summed E-state index contributed by atoms with van der Waals surface area (Å²) in [7, 11) is 1.49. The molecular weight excluding hydrogens is 312 g/mol. The first-order valence-corrected chi connectivity index (χ1v) is 9.23. The summed E-state index contributed by atoms with van der Waals surface area (Å²) < 4.78 is 24.3. The highest BCUT2D eigenvalue weighted by atomic mass is 35.7. The summed E-state index contributed by atoms with van der Waals surface area (Å²) >= 11 is 0. The average molecular weight is 335 g/mol. The molecule has 1 amide bonds. The fraction of sp³-hybridized carbons (Fsp3) is 0.643. The molecule has 1 aromatic heterocycles. The monoisotopic (exact) mass is 334 g/mol. The van der Waals surface area contributed by atoms with E-state index in [2.05, 4.69) is 33.0 Å². The molecule has 1 N–H and O–H groups in total. The zero-order chi connectivity index (χ0) is 16.4. The van der Waals surface area contributed by atoms with Crippen LogP contribution in [0.3, 0.4) is 0 Å². The zero-order valence-electron chi connectivity index (χ0n) is 13.1. The second-order valence-corrected chi connectivity index (χ2v) is 8.68. The van der Waals surface area contributed by atoms with Crippen molar-refractivity contribution in [3.8, 4) is 0 Å². The van der Waals surface area contributed by atoms with Gasteiger partial charge < -0.3 is 9.88 Å². The maximum Gasteiger partial charge on any atom is 0.267 e. The van der Waals surface area contributed by atoms with Crippen LogP contribution < -0.4 is 5.32 Å². The van der Waals surface area contributed by atoms with Gasteiger partial charge in [-0.3, -0.25) is 4.79 Å². The summed E-state index contributed by atoms with van der Waals surface area (Å²) in [5.74, 6) is 0.117. The third-order valence-electron chi connectivity index (χ3n) is 3.99. The van der Waals surface area contributed by atoms with E-state index in [-0.39, 0.29) is 16.2 Å². The summed E-state index contributed by atoms with van der Waals surface area (Å²) in [6, 6.07) is 1.31. The molecule has 0 bridgehead atoms. The fourth-order valence-corrected chi connectivity index (χ4v) is 2.43. The molecule has 0 saturated carbocycles. The maximum absolute atomic E-state index is 12.3. The first-order chi connectivity index (χ1) is 9.49. The fourth-order valence-electron chi connectivity index (χ4n) is 1.67. The predicted molar refractivity (Wildman–Crippen MR) is 84.1 cm³/mol. The quantitative estimate of drug-likeness (QED) is 0.813. The molecule has 7 heteroatoms. The minimum absolute atomic E-state index is 0.0410. The number of nitrogens with zero attached hydrogens (tertiary/aromatic N) is 1. The molecule has 0 saturated heterocycles. The number of amides is 1. The highest BCUT2D eigenvalue weighted by Crippen LogP contribution is 2.25. The maximum atomic E-state index is 12.3. The van der Waals surface area contributed by atoms with Crippen LogP contribution in [0.1, 0.15) is 45.1 Å². The van der Waals surface area contributed by atoms with Gasteiger partial charge in [-0.25, -0.2) is 8.42 Å². The van der Waals surface area contributed by atoms with Crippen molar-refractivity contribution >= 4 is 25.6 Å².